The molecule has 29 heavy (non-hydrogen) atoms. The normalized spacial score (nSPS) is 15.5. The quantitative estimate of drug-likeness (QED) is 0.336. The number of carbonyl (C=O) groups is 1. The van der Waals surface area contributed by atoms with E-state index in [4.69, 9.17) is 48.7 Å². The lowest BCUT2D eigenvalue weighted by molar-refractivity contribution is -0.130. The lowest BCUT2D eigenvalue weighted by Crippen LogP contribution is -2.42. The smallest absolute Gasteiger partial charge is 0.284 e. The maximum Gasteiger partial charge on any atom is 0.284 e. The van der Waals surface area contributed by atoms with Gasteiger partial charge in [0, 0.05) is 5.56 Å². The number of para-hydroxylation sites is 2. The zero-order valence-corrected chi connectivity index (χ0v) is 17.0. The Morgan fingerprint density at radius 2 is 1.79 bits per heavy atom. The Morgan fingerprint density at radius 3 is 2.62 bits per heavy atom. The van der Waals surface area contributed by atoms with E-state index in [9.17, 15) is 4.79 Å². The molecule has 0 fully saturated rings. The summed E-state index contributed by atoms with van der Waals surface area (Å²) in [7, 11) is 0. The van der Waals surface area contributed by atoms with E-state index in [1.165, 1.54) is 6.21 Å². The average Bonchev–Trinajstić information content (AvgIpc) is 3.19. The number of rotatable bonds is 4. The van der Waals surface area contributed by atoms with Crippen LogP contribution in [0, 0.1) is 0 Å². The summed E-state index contributed by atoms with van der Waals surface area (Å²) in [6.07, 6.45) is 0.564. The summed E-state index contributed by atoms with van der Waals surface area (Å²) in [4.78, 5) is 12.2. The van der Waals surface area contributed by atoms with Crippen molar-refractivity contribution in [3.05, 3.63) is 69.4 Å². The van der Waals surface area contributed by atoms with Gasteiger partial charge >= 0.3 is 0 Å². The van der Waals surface area contributed by atoms with Gasteiger partial charge in [0.1, 0.15) is 18.1 Å². The van der Waals surface area contributed by atoms with E-state index in [1.807, 2.05) is 6.07 Å². The van der Waals surface area contributed by atoms with Gasteiger partial charge in [0.15, 0.2) is 11.5 Å². The number of hydrogen-bond donors (Lipinski definition) is 1. The van der Waals surface area contributed by atoms with Crippen molar-refractivity contribution < 1.29 is 18.7 Å². The van der Waals surface area contributed by atoms with E-state index in [0.29, 0.717) is 43.7 Å². The lowest BCUT2D eigenvalue weighted by atomic mass is 10.2. The summed E-state index contributed by atoms with van der Waals surface area (Å²) < 4.78 is 16.8. The topological polar surface area (TPSA) is 73.1 Å². The Hall–Kier alpha value is -2.67. The predicted molar refractivity (Wildman–Crippen MR) is 111 cm³/mol. The van der Waals surface area contributed by atoms with Crippen LogP contribution in [0.5, 0.6) is 11.5 Å². The monoisotopic (exact) mass is 450 g/mol. The highest BCUT2D eigenvalue weighted by atomic mass is 35.5. The van der Waals surface area contributed by atoms with Gasteiger partial charge in [0.25, 0.3) is 5.91 Å². The number of ether oxygens (including phenoxy) is 2. The predicted octanol–water partition coefficient (Wildman–Crippen LogP) is 5.20. The largest absolute Gasteiger partial charge is 0.485 e. The van der Waals surface area contributed by atoms with Crippen LogP contribution in [0.4, 0.5) is 0 Å². The molecule has 1 atom stereocenters. The molecule has 9 heteroatoms. The molecule has 0 radical (unpaired) electrons. The fourth-order valence-electron chi connectivity index (χ4n) is 2.66. The van der Waals surface area contributed by atoms with Gasteiger partial charge in [-0.3, -0.25) is 4.79 Å². The fraction of sp³-hybridized carbons (Fsp3) is 0.100. The summed E-state index contributed by atoms with van der Waals surface area (Å²) in [6.45, 7) is 0.0963. The first-order chi connectivity index (χ1) is 14.0. The Bertz CT molecular complexity index is 1100. The molecule has 0 saturated heterocycles. The van der Waals surface area contributed by atoms with Gasteiger partial charge in [-0.15, -0.1) is 0 Å². The highest BCUT2D eigenvalue weighted by molar-refractivity contribution is 6.44. The summed E-state index contributed by atoms with van der Waals surface area (Å²) >= 11 is 18.2. The van der Waals surface area contributed by atoms with Gasteiger partial charge in [0.2, 0.25) is 6.10 Å². The van der Waals surface area contributed by atoms with Crippen molar-refractivity contribution in [1.82, 2.24) is 5.43 Å². The average molecular weight is 452 g/mol. The van der Waals surface area contributed by atoms with Gasteiger partial charge in [-0.2, -0.15) is 5.10 Å². The molecular weight excluding hydrogens is 439 g/mol. The molecule has 6 nitrogen and oxygen atoms in total. The van der Waals surface area contributed by atoms with E-state index >= 15 is 0 Å². The number of furan rings is 1. The first kappa shape index (κ1) is 19.6. The SMILES string of the molecule is O=C(N/N=C\c1ccc(-c2cc(Cl)c(Cl)cc2Cl)o1)[C@@H]1COc2ccccc2O1. The number of amides is 1. The molecule has 1 N–H and O–H groups in total. The minimum absolute atomic E-state index is 0.0963. The number of hydrazone groups is 1. The molecule has 1 aromatic heterocycles. The summed E-state index contributed by atoms with van der Waals surface area (Å²) in [5, 5.41) is 5.02. The molecule has 0 unspecified atom stereocenters. The Kier molecular flexibility index (Phi) is 5.67. The van der Waals surface area contributed by atoms with Crippen molar-refractivity contribution in [2.24, 2.45) is 5.10 Å². The molecule has 0 bridgehead atoms. The van der Waals surface area contributed by atoms with Crippen LogP contribution in [-0.4, -0.2) is 24.8 Å². The molecule has 1 aliphatic heterocycles. The zero-order valence-electron chi connectivity index (χ0n) is 14.7. The Labute approximate surface area is 181 Å². The third kappa shape index (κ3) is 4.34. The molecule has 2 heterocycles. The van der Waals surface area contributed by atoms with Crippen molar-refractivity contribution in [3.8, 4) is 22.8 Å². The minimum Gasteiger partial charge on any atom is -0.485 e. The summed E-state index contributed by atoms with van der Waals surface area (Å²) in [6, 6.07) is 13.7. The van der Waals surface area contributed by atoms with Crippen molar-refractivity contribution in [1.29, 1.82) is 0 Å². The number of fused-ring (bicyclic) bond motifs is 1. The Morgan fingerprint density at radius 1 is 1.03 bits per heavy atom. The highest BCUT2D eigenvalue weighted by Crippen LogP contribution is 2.36. The van der Waals surface area contributed by atoms with Crippen LogP contribution in [0.3, 0.4) is 0 Å². The van der Waals surface area contributed by atoms with E-state index in [-0.39, 0.29) is 6.61 Å². The van der Waals surface area contributed by atoms with Gasteiger partial charge in [-0.25, -0.2) is 5.43 Å². The Balaban J connectivity index is 1.40. The van der Waals surface area contributed by atoms with E-state index in [0.717, 1.165) is 0 Å². The van der Waals surface area contributed by atoms with Gasteiger partial charge in [-0.05, 0) is 36.4 Å². The number of nitrogens with zero attached hydrogens (tertiary/aromatic N) is 1. The second-order valence-electron chi connectivity index (χ2n) is 6.05. The maximum absolute atomic E-state index is 12.2. The van der Waals surface area contributed by atoms with Crippen LogP contribution in [0.2, 0.25) is 15.1 Å². The van der Waals surface area contributed by atoms with Gasteiger partial charge < -0.3 is 13.9 Å². The van der Waals surface area contributed by atoms with Crippen LogP contribution in [0.25, 0.3) is 11.3 Å². The van der Waals surface area contributed by atoms with Gasteiger partial charge in [0.05, 0.1) is 21.3 Å². The van der Waals surface area contributed by atoms with Crippen LogP contribution >= 0.6 is 34.8 Å². The highest BCUT2D eigenvalue weighted by Gasteiger charge is 2.27. The molecule has 0 aliphatic carbocycles. The number of halogens is 3. The molecule has 1 aliphatic rings. The number of nitrogens with one attached hydrogen (secondary N) is 1. The van der Waals surface area contributed by atoms with E-state index < -0.39 is 12.0 Å². The molecule has 3 aromatic rings. The van der Waals surface area contributed by atoms with Crippen LogP contribution in [0.15, 0.2) is 58.0 Å². The molecule has 148 valence electrons. The number of benzene rings is 2. The summed E-state index contributed by atoms with van der Waals surface area (Å²) in [5.74, 6) is 1.58. The molecule has 1 amide bonds. The van der Waals surface area contributed by atoms with Crippen LogP contribution in [-0.2, 0) is 4.79 Å². The molecule has 0 saturated carbocycles. The van der Waals surface area contributed by atoms with Crippen molar-refractivity contribution in [2.75, 3.05) is 6.61 Å². The second-order valence-corrected chi connectivity index (χ2v) is 7.27. The fourth-order valence-corrected chi connectivity index (χ4v) is 3.30. The van der Waals surface area contributed by atoms with Crippen molar-refractivity contribution in [2.45, 2.75) is 6.10 Å². The second kappa shape index (κ2) is 8.37. The minimum atomic E-state index is -0.802. The van der Waals surface area contributed by atoms with E-state index in [2.05, 4.69) is 10.5 Å². The van der Waals surface area contributed by atoms with Crippen molar-refractivity contribution >= 4 is 46.9 Å². The van der Waals surface area contributed by atoms with Crippen LogP contribution < -0.4 is 14.9 Å². The van der Waals surface area contributed by atoms with Gasteiger partial charge in [-0.1, -0.05) is 46.9 Å². The first-order valence-corrected chi connectivity index (χ1v) is 9.61. The summed E-state index contributed by atoms with van der Waals surface area (Å²) in [5.41, 5.74) is 3.00. The molecular formula is C20H13Cl3N2O4. The van der Waals surface area contributed by atoms with Crippen LogP contribution in [0.1, 0.15) is 5.76 Å². The third-order valence-corrected chi connectivity index (χ3v) is 5.10. The zero-order chi connectivity index (χ0) is 20.4. The molecule has 4 rings (SSSR count). The molecule has 0 spiro atoms. The molecule has 2 aromatic carbocycles. The number of carbonyl (C=O) groups excluding carboxylic acids is 1. The third-order valence-electron chi connectivity index (χ3n) is 4.07. The first-order valence-electron chi connectivity index (χ1n) is 8.47. The standard InChI is InChI=1S/C20H13Cl3N2O4/c21-13-8-15(23)14(22)7-12(13)16-6-5-11(28-16)9-24-25-20(26)19-10-27-17-3-1-2-4-18(17)29-19/h1-9,19H,10H2,(H,25,26)/b24-9-/t19-/m0/s1. The van der Waals surface area contributed by atoms with Crippen molar-refractivity contribution in [3.63, 3.8) is 0 Å². The maximum atomic E-state index is 12.2. The number of hydrogen-bond acceptors (Lipinski definition) is 5. The van der Waals surface area contributed by atoms with E-state index in [1.54, 1.807) is 42.5 Å². The lowest BCUT2D eigenvalue weighted by Gasteiger charge is -2.24.